The highest BCUT2D eigenvalue weighted by molar-refractivity contribution is 7.98. The lowest BCUT2D eigenvalue weighted by molar-refractivity contribution is 0.378. The molecule has 0 unspecified atom stereocenters. The molecule has 1 aromatic carbocycles. The standard InChI is InChI=1S/C16H25N3S/c1-3-5-12-8-10-19(11-9-12)13-6-4-7-14(20-2)15(13)16(17)18/h4,6-7,12H,3,5,8-11H2,1-2H3,(H3,17,18). The zero-order chi connectivity index (χ0) is 14.5. The third kappa shape index (κ3) is 3.29. The van der Waals surface area contributed by atoms with Crippen molar-refractivity contribution < 1.29 is 0 Å². The highest BCUT2D eigenvalue weighted by Gasteiger charge is 2.22. The van der Waals surface area contributed by atoms with E-state index in [4.69, 9.17) is 11.1 Å². The Hall–Kier alpha value is -1.16. The Morgan fingerprint density at radius 1 is 1.40 bits per heavy atom. The Morgan fingerprint density at radius 3 is 2.65 bits per heavy atom. The average molecular weight is 291 g/mol. The molecule has 4 heteroatoms. The number of hydrogen-bond donors (Lipinski definition) is 2. The van der Waals surface area contributed by atoms with Crippen LogP contribution in [0.5, 0.6) is 0 Å². The third-order valence-electron chi connectivity index (χ3n) is 4.15. The number of amidine groups is 1. The van der Waals surface area contributed by atoms with Gasteiger partial charge in [0.15, 0.2) is 0 Å². The maximum absolute atomic E-state index is 7.88. The lowest BCUT2D eigenvalue weighted by Gasteiger charge is -2.35. The molecular formula is C16H25N3S. The van der Waals surface area contributed by atoms with Crippen LogP contribution in [0.3, 0.4) is 0 Å². The molecule has 1 aromatic rings. The lowest BCUT2D eigenvalue weighted by atomic mass is 9.92. The largest absolute Gasteiger partial charge is 0.384 e. The van der Waals surface area contributed by atoms with Crippen molar-refractivity contribution in [2.75, 3.05) is 24.2 Å². The van der Waals surface area contributed by atoms with Crippen LogP contribution in [0.15, 0.2) is 23.1 Å². The molecule has 0 saturated carbocycles. The van der Waals surface area contributed by atoms with Gasteiger partial charge < -0.3 is 10.6 Å². The molecule has 0 aromatic heterocycles. The number of benzene rings is 1. The molecule has 0 amide bonds. The van der Waals surface area contributed by atoms with Crippen LogP contribution in [0.4, 0.5) is 5.69 Å². The minimum Gasteiger partial charge on any atom is -0.384 e. The zero-order valence-corrected chi connectivity index (χ0v) is 13.3. The van der Waals surface area contributed by atoms with Gasteiger partial charge in [-0.1, -0.05) is 25.8 Å². The number of rotatable bonds is 5. The maximum atomic E-state index is 7.88. The molecule has 1 fully saturated rings. The van der Waals surface area contributed by atoms with Crippen LogP contribution in [-0.2, 0) is 0 Å². The van der Waals surface area contributed by atoms with Gasteiger partial charge in [0, 0.05) is 23.7 Å². The molecule has 1 heterocycles. The number of piperidine rings is 1. The second-order valence-electron chi connectivity index (χ2n) is 5.49. The van der Waals surface area contributed by atoms with E-state index in [-0.39, 0.29) is 5.84 Å². The molecule has 0 atom stereocenters. The van der Waals surface area contributed by atoms with Crippen LogP contribution in [0, 0.1) is 11.3 Å². The van der Waals surface area contributed by atoms with Gasteiger partial charge in [-0.25, -0.2) is 0 Å². The number of nitrogens with two attached hydrogens (primary N) is 1. The van der Waals surface area contributed by atoms with Crippen molar-refractivity contribution in [2.45, 2.75) is 37.5 Å². The van der Waals surface area contributed by atoms with Gasteiger partial charge in [0.1, 0.15) is 5.84 Å². The molecule has 110 valence electrons. The predicted molar refractivity (Wildman–Crippen MR) is 89.1 cm³/mol. The summed E-state index contributed by atoms with van der Waals surface area (Å²) in [5, 5.41) is 7.88. The molecule has 0 aliphatic carbocycles. The van der Waals surface area contributed by atoms with E-state index in [1.165, 1.54) is 25.7 Å². The second-order valence-corrected chi connectivity index (χ2v) is 6.34. The van der Waals surface area contributed by atoms with Gasteiger partial charge in [-0.2, -0.15) is 0 Å². The molecule has 1 saturated heterocycles. The van der Waals surface area contributed by atoms with Crippen molar-refractivity contribution in [1.82, 2.24) is 0 Å². The third-order valence-corrected chi connectivity index (χ3v) is 4.93. The van der Waals surface area contributed by atoms with Crippen molar-refractivity contribution in [3.05, 3.63) is 23.8 Å². The monoisotopic (exact) mass is 291 g/mol. The molecule has 20 heavy (non-hydrogen) atoms. The van der Waals surface area contributed by atoms with Crippen LogP contribution in [-0.4, -0.2) is 25.2 Å². The van der Waals surface area contributed by atoms with Gasteiger partial charge in [0.2, 0.25) is 0 Å². The minimum absolute atomic E-state index is 0.181. The Labute approximate surface area is 126 Å². The van der Waals surface area contributed by atoms with Crippen LogP contribution in [0.2, 0.25) is 0 Å². The summed E-state index contributed by atoms with van der Waals surface area (Å²) in [6, 6.07) is 6.23. The average Bonchev–Trinajstić information content (AvgIpc) is 2.47. The summed E-state index contributed by atoms with van der Waals surface area (Å²) < 4.78 is 0. The van der Waals surface area contributed by atoms with Gasteiger partial charge in [0.05, 0.1) is 5.56 Å². The minimum atomic E-state index is 0.181. The summed E-state index contributed by atoms with van der Waals surface area (Å²) in [6.07, 6.45) is 7.19. The molecule has 1 aliphatic heterocycles. The first kappa shape index (κ1) is 15.2. The number of anilines is 1. The van der Waals surface area contributed by atoms with Crippen LogP contribution in [0.25, 0.3) is 0 Å². The van der Waals surface area contributed by atoms with E-state index < -0.39 is 0 Å². The highest BCUT2D eigenvalue weighted by Crippen LogP contribution is 2.32. The molecule has 3 N–H and O–H groups in total. The fourth-order valence-corrected chi connectivity index (χ4v) is 3.73. The van der Waals surface area contributed by atoms with E-state index in [2.05, 4.69) is 30.0 Å². The van der Waals surface area contributed by atoms with Gasteiger partial charge >= 0.3 is 0 Å². The predicted octanol–water partition coefficient (Wildman–Crippen LogP) is 3.71. The van der Waals surface area contributed by atoms with Crippen LogP contribution >= 0.6 is 11.8 Å². The fraction of sp³-hybridized carbons (Fsp3) is 0.562. The quantitative estimate of drug-likeness (QED) is 0.494. The van der Waals surface area contributed by atoms with Crippen LogP contribution < -0.4 is 10.6 Å². The zero-order valence-electron chi connectivity index (χ0n) is 12.5. The van der Waals surface area contributed by atoms with Crippen molar-refractivity contribution in [3.63, 3.8) is 0 Å². The summed E-state index contributed by atoms with van der Waals surface area (Å²) in [4.78, 5) is 3.51. The first-order valence-electron chi connectivity index (χ1n) is 7.43. The molecule has 2 rings (SSSR count). The smallest absolute Gasteiger partial charge is 0.126 e. The highest BCUT2D eigenvalue weighted by atomic mass is 32.2. The molecule has 3 nitrogen and oxygen atoms in total. The van der Waals surface area contributed by atoms with E-state index in [9.17, 15) is 0 Å². The number of hydrogen-bond acceptors (Lipinski definition) is 3. The lowest BCUT2D eigenvalue weighted by Crippen LogP contribution is -2.35. The van der Waals surface area contributed by atoms with E-state index in [0.29, 0.717) is 0 Å². The first-order valence-corrected chi connectivity index (χ1v) is 8.66. The van der Waals surface area contributed by atoms with E-state index in [1.807, 2.05) is 6.26 Å². The Balaban J connectivity index is 2.19. The molecular weight excluding hydrogens is 266 g/mol. The van der Waals surface area contributed by atoms with Crippen molar-refractivity contribution in [1.29, 1.82) is 5.41 Å². The Kier molecular flexibility index (Phi) is 5.35. The number of nitrogen functional groups attached to an aromatic ring is 1. The summed E-state index contributed by atoms with van der Waals surface area (Å²) in [5.41, 5.74) is 7.87. The van der Waals surface area contributed by atoms with E-state index in [1.54, 1.807) is 11.8 Å². The summed E-state index contributed by atoms with van der Waals surface area (Å²) >= 11 is 1.66. The summed E-state index contributed by atoms with van der Waals surface area (Å²) in [5.74, 6) is 1.06. The Bertz CT molecular complexity index is 465. The number of thioether (sulfide) groups is 1. The second kappa shape index (κ2) is 7.02. The van der Waals surface area contributed by atoms with E-state index in [0.717, 1.165) is 35.2 Å². The van der Waals surface area contributed by atoms with Crippen molar-refractivity contribution in [2.24, 2.45) is 11.7 Å². The molecule has 0 radical (unpaired) electrons. The molecule has 0 spiro atoms. The van der Waals surface area contributed by atoms with E-state index >= 15 is 0 Å². The first-order chi connectivity index (χ1) is 9.67. The number of nitrogens with zero attached hydrogens (tertiary/aromatic N) is 1. The van der Waals surface area contributed by atoms with Crippen molar-refractivity contribution >= 4 is 23.3 Å². The number of nitrogens with one attached hydrogen (secondary N) is 1. The molecule has 1 aliphatic rings. The summed E-state index contributed by atoms with van der Waals surface area (Å²) in [6.45, 7) is 4.44. The van der Waals surface area contributed by atoms with Gasteiger partial charge in [0.25, 0.3) is 0 Å². The van der Waals surface area contributed by atoms with Crippen molar-refractivity contribution in [3.8, 4) is 0 Å². The summed E-state index contributed by atoms with van der Waals surface area (Å²) in [7, 11) is 0. The Morgan fingerprint density at radius 2 is 2.10 bits per heavy atom. The molecule has 0 bridgehead atoms. The normalized spacial score (nSPS) is 16.4. The van der Waals surface area contributed by atoms with Gasteiger partial charge in [-0.15, -0.1) is 11.8 Å². The maximum Gasteiger partial charge on any atom is 0.126 e. The fourth-order valence-electron chi connectivity index (χ4n) is 3.09. The van der Waals surface area contributed by atoms with Gasteiger partial charge in [-0.05, 0) is 37.1 Å². The van der Waals surface area contributed by atoms with Gasteiger partial charge in [-0.3, -0.25) is 5.41 Å². The SMILES string of the molecule is CCCC1CCN(c2cccc(SC)c2C(=N)N)CC1. The topological polar surface area (TPSA) is 53.1 Å². The van der Waals surface area contributed by atoms with Crippen LogP contribution in [0.1, 0.15) is 38.2 Å².